The van der Waals surface area contributed by atoms with Gasteiger partial charge in [-0.2, -0.15) is 0 Å². The number of hydrogen-bond donors (Lipinski definition) is 1. The number of esters is 2. The van der Waals surface area contributed by atoms with Gasteiger partial charge in [0.05, 0.1) is 13.5 Å². The van der Waals surface area contributed by atoms with Crippen molar-refractivity contribution in [2.45, 2.75) is 51.7 Å². The van der Waals surface area contributed by atoms with Gasteiger partial charge in [-0.15, -0.1) is 0 Å². The van der Waals surface area contributed by atoms with Crippen molar-refractivity contribution < 1.29 is 38.6 Å². The summed E-state index contributed by atoms with van der Waals surface area (Å²) >= 11 is 0. The molecule has 152 valence electrons. The van der Waals surface area contributed by atoms with Gasteiger partial charge in [0.15, 0.2) is 0 Å². The molecule has 0 bridgehead atoms. The summed E-state index contributed by atoms with van der Waals surface area (Å²) in [5, 5.41) is 8.74. The number of carboxylic acid groups (broad SMARTS) is 1. The Morgan fingerprint density at radius 2 is 1.74 bits per heavy atom. The van der Waals surface area contributed by atoms with E-state index in [4.69, 9.17) is 14.6 Å². The normalized spacial score (nSPS) is 20.3. The standard InChI is InChI=1S/C17H26N2O8/c1-16(2,3)27-13(23)10-18-8-9-19(11(20)6-7-12(21)22)17(4,14(18)24)15(25)26-5/h6-10H2,1-5H3,(H,21,22)/t17-/m0/s1. The average Bonchev–Trinajstić information content (AvgIpc) is 2.54. The fourth-order valence-corrected chi connectivity index (χ4v) is 2.77. The number of rotatable bonds is 6. The molecule has 10 heteroatoms. The van der Waals surface area contributed by atoms with Crippen molar-refractivity contribution >= 4 is 29.7 Å². The number of amides is 2. The molecule has 1 aliphatic rings. The summed E-state index contributed by atoms with van der Waals surface area (Å²) in [6, 6.07) is 0. The number of carbonyl (C=O) groups is 5. The third kappa shape index (κ3) is 5.41. The summed E-state index contributed by atoms with van der Waals surface area (Å²) in [6.07, 6.45) is -0.788. The van der Waals surface area contributed by atoms with Gasteiger partial charge < -0.3 is 24.4 Å². The third-order valence-electron chi connectivity index (χ3n) is 4.01. The lowest BCUT2D eigenvalue weighted by molar-refractivity contribution is -0.178. The number of nitrogens with zero attached hydrogens (tertiary/aromatic N) is 2. The second kappa shape index (κ2) is 8.36. The Kier molecular flexibility index (Phi) is 6.93. The van der Waals surface area contributed by atoms with E-state index in [0.29, 0.717) is 0 Å². The van der Waals surface area contributed by atoms with Gasteiger partial charge in [-0.25, -0.2) is 4.79 Å². The first-order valence-corrected chi connectivity index (χ1v) is 8.45. The van der Waals surface area contributed by atoms with Crippen LogP contribution in [0.15, 0.2) is 0 Å². The van der Waals surface area contributed by atoms with E-state index >= 15 is 0 Å². The van der Waals surface area contributed by atoms with Gasteiger partial charge in [0.2, 0.25) is 11.4 Å². The molecule has 0 aromatic rings. The number of carboxylic acids is 1. The van der Waals surface area contributed by atoms with Crippen LogP contribution in [0.3, 0.4) is 0 Å². The Balaban J connectivity index is 3.03. The zero-order valence-corrected chi connectivity index (χ0v) is 16.2. The van der Waals surface area contributed by atoms with Crippen molar-refractivity contribution in [1.29, 1.82) is 0 Å². The lowest BCUT2D eigenvalue weighted by Gasteiger charge is -2.45. The molecule has 1 saturated heterocycles. The van der Waals surface area contributed by atoms with Gasteiger partial charge in [-0.3, -0.25) is 19.2 Å². The fraction of sp³-hybridized carbons (Fsp3) is 0.706. The summed E-state index contributed by atoms with van der Waals surface area (Å²) in [5.74, 6) is -4.22. The molecule has 0 radical (unpaired) electrons. The lowest BCUT2D eigenvalue weighted by Crippen LogP contribution is -2.70. The quantitative estimate of drug-likeness (QED) is 0.490. The third-order valence-corrected chi connectivity index (χ3v) is 4.01. The first-order chi connectivity index (χ1) is 12.3. The van der Waals surface area contributed by atoms with Crippen LogP contribution in [-0.2, 0) is 33.4 Å². The molecule has 1 aliphatic heterocycles. The number of piperazine rings is 1. The van der Waals surface area contributed by atoms with Gasteiger partial charge >= 0.3 is 17.9 Å². The largest absolute Gasteiger partial charge is 0.481 e. The van der Waals surface area contributed by atoms with E-state index in [1.807, 2.05) is 0 Å². The van der Waals surface area contributed by atoms with Crippen molar-refractivity contribution in [3.05, 3.63) is 0 Å². The van der Waals surface area contributed by atoms with E-state index in [0.717, 1.165) is 16.9 Å². The van der Waals surface area contributed by atoms with Crippen LogP contribution in [0.5, 0.6) is 0 Å². The zero-order valence-electron chi connectivity index (χ0n) is 16.2. The number of hydrogen-bond acceptors (Lipinski definition) is 7. The summed E-state index contributed by atoms with van der Waals surface area (Å²) in [4.78, 5) is 62.5. The highest BCUT2D eigenvalue weighted by molar-refractivity contribution is 6.10. The minimum Gasteiger partial charge on any atom is -0.481 e. The molecule has 1 N–H and O–H groups in total. The van der Waals surface area contributed by atoms with Gasteiger partial charge in [-0.1, -0.05) is 0 Å². The van der Waals surface area contributed by atoms with Gasteiger partial charge in [0.1, 0.15) is 12.1 Å². The lowest BCUT2D eigenvalue weighted by atomic mass is 9.94. The first kappa shape index (κ1) is 22.4. The van der Waals surface area contributed by atoms with Crippen LogP contribution in [0.4, 0.5) is 0 Å². The number of ether oxygens (including phenoxy) is 2. The van der Waals surface area contributed by atoms with Crippen LogP contribution in [-0.4, -0.2) is 82.5 Å². The van der Waals surface area contributed by atoms with Crippen molar-refractivity contribution in [3.63, 3.8) is 0 Å². The maximum absolute atomic E-state index is 12.9. The van der Waals surface area contributed by atoms with Crippen LogP contribution < -0.4 is 0 Å². The second-order valence-electron chi connectivity index (χ2n) is 7.32. The van der Waals surface area contributed by atoms with Crippen molar-refractivity contribution in [2.75, 3.05) is 26.7 Å². The highest BCUT2D eigenvalue weighted by atomic mass is 16.6. The Hall–Kier alpha value is -2.65. The second-order valence-corrected chi connectivity index (χ2v) is 7.32. The van der Waals surface area contributed by atoms with Crippen LogP contribution in [0, 0.1) is 0 Å². The molecule has 1 rings (SSSR count). The topological polar surface area (TPSA) is 131 Å². The maximum Gasteiger partial charge on any atom is 0.341 e. The molecular weight excluding hydrogens is 360 g/mol. The van der Waals surface area contributed by atoms with E-state index in [-0.39, 0.29) is 26.1 Å². The van der Waals surface area contributed by atoms with Crippen LogP contribution in [0.1, 0.15) is 40.5 Å². The van der Waals surface area contributed by atoms with E-state index in [1.54, 1.807) is 20.8 Å². The molecule has 0 aromatic carbocycles. The van der Waals surface area contributed by atoms with E-state index in [2.05, 4.69) is 0 Å². The summed E-state index contributed by atoms with van der Waals surface area (Å²) < 4.78 is 9.88. The summed E-state index contributed by atoms with van der Waals surface area (Å²) in [7, 11) is 1.08. The van der Waals surface area contributed by atoms with Crippen LogP contribution in [0.2, 0.25) is 0 Å². The fourth-order valence-electron chi connectivity index (χ4n) is 2.77. The SMILES string of the molecule is COC(=O)[C@]1(C)C(=O)N(CC(=O)OC(C)(C)C)CCN1C(=O)CCC(=O)O. The molecule has 0 saturated carbocycles. The number of aliphatic carboxylic acids is 1. The minimum absolute atomic E-state index is 0.00344. The molecule has 10 nitrogen and oxygen atoms in total. The van der Waals surface area contributed by atoms with E-state index < -0.39 is 47.3 Å². The van der Waals surface area contributed by atoms with E-state index in [9.17, 15) is 24.0 Å². The Labute approximate surface area is 157 Å². The summed E-state index contributed by atoms with van der Waals surface area (Å²) in [5.41, 5.74) is -2.72. The molecule has 1 heterocycles. The smallest absolute Gasteiger partial charge is 0.341 e. The molecule has 27 heavy (non-hydrogen) atoms. The Morgan fingerprint density at radius 3 is 2.22 bits per heavy atom. The van der Waals surface area contributed by atoms with Crippen LogP contribution >= 0.6 is 0 Å². The molecule has 0 spiro atoms. The molecule has 0 aliphatic carbocycles. The predicted molar refractivity (Wildman–Crippen MR) is 91.4 cm³/mol. The van der Waals surface area contributed by atoms with Crippen molar-refractivity contribution in [2.24, 2.45) is 0 Å². The maximum atomic E-state index is 12.9. The van der Waals surface area contributed by atoms with E-state index in [1.165, 1.54) is 6.92 Å². The Bertz CT molecular complexity index is 639. The van der Waals surface area contributed by atoms with Crippen LogP contribution in [0.25, 0.3) is 0 Å². The number of carbonyl (C=O) groups excluding carboxylic acids is 4. The summed E-state index contributed by atoms with van der Waals surface area (Å²) in [6.45, 7) is 5.86. The molecule has 1 fully saturated rings. The monoisotopic (exact) mass is 386 g/mol. The van der Waals surface area contributed by atoms with Gasteiger partial charge in [0, 0.05) is 19.5 Å². The molecule has 0 unspecified atom stereocenters. The average molecular weight is 386 g/mol. The van der Waals surface area contributed by atoms with Crippen molar-refractivity contribution in [1.82, 2.24) is 9.80 Å². The molecular formula is C17H26N2O8. The molecule has 0 aromatic heterocycles. The molecule has 2 amide bonds. The Morgan fingerprint density at radius 1 is 1.15 bits per heavy atom. The highest BCUT2D eigenvalue weighted by Gasteiger charge is 2.54. The highest BCUT2D eigenvalue weighted by Crippen LogP contribution is 2.26. The zero-order chi connectivity index (χ0) is 21.0. The first-order valence-electron chi connectivity index (χ1n) is 8.45. The minimum atomic E-state index is -1.98. The van der Waals surface area contributed by atoms with Gasteiger partial charge in [0.25, 0.3) is 5.91 Å². The molecule has 1 atom stereocenters. The number of methoxy groups -OCH3 is 1. The van der Waals surface area contributed by atoms with Crippen molar-refractivity contribution in [3.8, 4) is 0 Å². The predicted octanol–water partition coefficient (Wildman–Crippen LogP) is -0.205. The van der Waals surface area contributed by atoms with Gasteiger partial charge in [-0.05, 0) is 27.7 Å².